The zero-order valence-electron chi connectivity index (χ0n) is 17.0. The quantitative estimate of drug-likeness (QED) is 0.683. The van der Waals surface area contributed by atoms with Gasteiger partial charge >= 0.3 is 11.9 Å². The van der Waals surface area contributed by atoms with E-state index < -0.39 is 35.0 Å². The highest BCUT2D eigenvalue weighted by molar-refractivity contribution is 6.05. The molecule has 0 radical (unpaired) electrons. The lowest BCUT2D eigenvalue weighted by atomic mass is 9.84. The van der Waals surface area contributed by atoms with Crippen LogP contribution in [0.2, 0.25) is 0 Å². The Labute approximate surface area is 175 Å². The number of amides is 2. The summed E-state index contributed by atoms with van der Waals surface area (Å²) in [6.07, 6.45) is 6.17. The van der Waals surface area contributed by atoms with Gasteiger partial charge in [0.2, 0.25) is 0 Å². The Kier molecular flexibility index (Phi) is 6.43. The van der Waals surface area contributed by atoms with Gasteiger partial charge in [-0.25, -0.2) is 9.59 Å². The zero-order chi connectivity index (χ0) is 21.8. The van der Waals surface area contributed by atoms with Crippen LogP contribution in [-0.2, 0) is 19.1 Å². The third-order valence-electron chi connectivity index (χ3n) is 6.16. The van der Waals surface area contributed by atoms with E-state index in [2.05, 4.69) is 0 Å². The van der Waals surface area contributed by atoms with Crippen LogP contribution in [0.4, 0.5) is 0 Å². The highest BCUT2D eigenvalue weighted by atomic mass is 16.6. The number of primary amides is 2. The summed E-state index contributed by atoms with van der Waals surface area (Å²) in [5, 5.41) is 0. The summed E-state index contributed by atoms with van der Waals surface area (Å²) in [6, 6.07) is 6.01. The van der Waals surface area contributed by atoms with E-state index in [0.717, 1.165) is 38.5 Å². The molecule has 162 valence electrons. The van der Waals surface area contributed by atoms with Gasteiger partial charge < -0.3 is 20.9 Å². The average molecular weight is 416 g/mol. The van der Waals surface area contributed by atoms with E-state index in [9.17, 15) is 19.2 Å². The highest BCUT2D eigenvalue weighted by Gasteiger charge is 2.44. The Bertz CT molecular complexity index is 769. The largest absolute Gasteiger partial charge is 0.445 e. The number of nitrogens with two attached hydrogens (primary N) is 2. The number of rotatable bonds is 6. The molecule has 0 spiro atoms. The second-order valence-electron chi connectivity index (χ2n) is 8.16. The van der Waals surface area contributed by atoms with Gasteiger partial charge in [0.25, 0.3) is 11.8 Å². The fraction of sp³-hybridized carbons (Fsp3) is 0.545. The van der Waals surface area contributed by atoms with E-state index in [0.29, 0.717) is 25.7 Å². The SMILES string of the molecule is NC(=O)C1(OC(=O)c2ccccc2C(=O)OC2(C(N)=O)CCCCC2)CCCCC1. The third kappa shape index (κ3) is 4.32. The van der Waals surface area contributed by atoms with Crippen LogP contribution in [0.1, 0.15) is 84.9 Å². The molecule has 30 heavy (non-hydrogen) atoms. The van der Waals surface area contributed by atoms with E-state index >= 15 is 0 Å². The van der Waals surface area contributed by atoms with Crippen molar-refractivity contribution in [3.05, 3.63) is 35.4 Å². The van der Waals surface area contributed by atoms with Crippen LogP contribution in [-0.4, -0.2) is 35.0 Å². The minimum Gasteiger partial charge on any atom is -0.445 e. The first kappa shape index (κ1) is 21.8. The van der Waals surface area contributed by atoms with Gasteiger partial charge in [0, 0.05) is 0 Å². The van der Waals surface area contributed by atoms with Crippen molar-refractivity contribution in [2.24, 2.45) is 11.5 Å². The Hall–Kier alpha value is -2.90. The Balaban J connectivity index is 1.84. The van der Waals surface area contributed by atoms with Crippen molar-refractivity contribution in [2.45, 2.75) is 75.4 Å². The lowest BCUT2D eigenvalue weighted by Gasteiger charge is -2.34. The maximum atomic E-state index is 12.9. The van der Waals surface area contributed by atoms with Crippen molar-refractivity contribution in [3.8, 4) is 0 Å². The summed E-state index contributed by atoms with van der Waals surface area (Å²) in [4.78, 5) is 49.9. The predicted molar refractivity (Wildman–Crippen MR) is 107 cm³/mol. The third-order valence-corrected chi connectivity index (χ3v) is 6.16. The average Bonchev–Trinajstić information content (AvgIpc) is 2.74. The summed E-state index contributed by atoms with van der Waals surface area (Å²) in [5.74, 6) is -3.02. The monoisotopic (exact) mass is 416 g/mol. The van der Waals surface area contributed by atoms with Gasteiger partial charge in [-0.1, -0.05) is 25.0 Å². The number of carbonyl (C=O) groups excluding carboxylic acids is 4. The first-order chi connectivity index (χ1) is 14.3. The fourth-order valence-corrected chi connectivity index (χ4v) is 4.35. The molecular formula is C22H28N2O6. The normalized spacial score (nSPS) is 20.0. The molecule has 3 rings (SSSR count). The second-order valence-corrected chi connectivity index (χ2v) is 8.16. The van der Waals surface area contributed by atoms with Gasteiger partial charge in [-0.2, -0.15) is 0 Å². The lowest BCUT2D eigenvalue weighted by Crippen LogP contribution is -2.49. The summed E-state index contributed by atoms with van der Waals surface area (Å²) in [5.41, 5.74) is 8.27. The van der Waals surface area contributed by atoms with Gasteiger partial charge in [0.1, 0.15) is 0 Å². The first-order valence-electron chi connectivity index (χ1n) is 10.5. The fourth-order valence-electron chi connectivity index (χ4n) is 4.35. The highest BCUT2D eigenvalue weighted by Crippen LogP contribution is 2.34. The standard InChI is InChI=1S/C22H28N2O6/c23-19(27)21(11-5-1-6-12-21)29-17(25)15-9-3-4-10-16(15)18(26)30-22(20(24)28)13-7-2-8-14-22/h3-4,9-10H,1-2,5-8,11-14H2,(H2,23,27)(H2,24,28). The molecular weight excluding hydrogens is 388 g/mol. The molecule has 2 amide bonds. The van der Waals surface area contributed by atoms with Crippen molar-refractivity contribution in [3.63, 3.8) is 0 Å². The number of hydrogen-bond acceptors (Lipinski definition) is 6. The molecule has 0 heterocycles. The van der Waals surface area contributed by atoms with Crippen molar-refractivity contribution in [2.75, 3.05) is 0 Å². The van der Waals surface area contributed by atoms with Crippen LogP contribution >= 0.6 is 0 Å². The number of hydrogen-bond donors (Lipinski definition) is 2. The van der Waals surface area contributed by atoms with E-state index in [1.807, 2.05) is 0 Å². The van der Waals surface area contributed by atoms with Crippen molar-refractivity contribution in [1.82, 2.24) is 0 Å². The van der Waals surface area contributed by atoms with E-state index in [1.54, 1.807) is 12.1 Å². The summed E-state index contributed by atoms with van der Waals surface area (Å²) in [7, 11) is 0. The molecule has 0 atom stereocenters. The summed E-state index contributed by atoms with van der Waals surface area (Å²) >= 11 is 0. The molecule has 2 aliphatic carbocycles. The summed E-state index contributed by atoms with van der Waals surface area (Å²) in [6.45, 7) is 0. The molecule has 1 aromatic rings. The molecule has 2 aliphatic rings. The maximum absolute atomic E-state index is 12.9. The predicted octanol–water partition coefficient (Wildman–Crippen LogP) is 2.38. The van der Waals surface area contributed by atoms with Crippen molar-refractivity contribution < 1.29 is 28.7 Å². The molecule has 0 saturated heterocycles. The van der Waals surface area contributed by atoms with Crippen LogP contribution in [0.25, 0.3) is 0 Å². The minimum atomic E-state index is -1.37. The molecule has 0 unspecified atom stereocenters. The Morgan fingerprint density at radius 2 is 0.967 bits per heavy atom. The topological polar surface area (TPSA) is 139 Å². The van der Waals surface area contributed by atoms with E-state index in [-0.39, 0.29) is 11.1 Å². The van der Waals surface area contributed by atoms with Gasteiger partial charge in [0.15, 0.2) is 11.2 Å². The molecule has 2 saturated carbocycles. The molecule has 8 nitrogen and oxygen atoms in total. The first-order valence-corrected chi connectivity index (χ1v) is 10.5. The van der Waals surface area contributed by atoms with Gasteiger partial charge in [-0.3, -0.25) is 9.59 Å². The van der Waals surface area contributed by atoms with Crippen LogP contribution in [0.3, 0.4) is 0 Å². The summed E-state index contributed by atoms with van der Waals surface area (Å²) < 4.78 is 11.1. The lowest BCUT2D eigenvalue weighted by molar-refractivity contribution is -0.141. The number of ether oxygens (including phenoxy) is 2. The molecule has 1 aromatic carbocycles. The van der Waals surface area contributed by atoms with Crippen molar-refractivity contribution >= 4 is 23.8 Å². The molecule has 0 aliphatic heterocycles. The van der Waals surface area contributed by atoms with Crippen LogP contribution < -0.4 is 11.5 Å². The Morgan fingerprint density at radius 1 is 0.633 bits per heavy atom. The van der Waals surface area contributed by atoms with E-state index in [1.165, 1.54) is 12.1 Å². The number of benzene rings is 1. The second kappa shape index (κ2) is 8.85. The molecule has 4 N–H and O–H groups in total. The minimum absolute atomic E-state index is 0.0378. The molecule has 0 bridgehead atoms. The van der Waals surface area contributed by atoms with Gasteiger partial charge in [-0.15, -0.1) is 0 Å². The Morgan fingerprint density at radius 3 is 1.27 bits per heavy atom. The number of esters is 2. The van der Waals surface area contributed by atoms with Crippen LogP contribution in [0, 0.1) is 0 Å². The van der Waals surface area contributed by atoms with Gasteiger partial charge in [-0.05, 0) is 63.5 Å². The zero-order valence-corrected chi connectivity index (χ0v) is 17.0. The smallest absolute Gasteiger partial charge is 0.340 e. The van der Waals surface area contributed by atoms with Crippen molar-refractivity contribution in [1.29, 1.82) is 0 Å². The maximum Gasteiger partial charge on any atom is 0.340 e. The number of carbonyl (C=O) groups is 4. The van der Waals surface area contributed by atoms with Crippen LogP contribution in [0.15, 0.2) is 24.3 Å². The molecule has 0 aromatic heterocycles. The van der Waals surface area contributed by atoms with E-state index in [4.69, 9.17) is 20.9 Å². The molecule has 2 fully saturated rings. The molecule has 8 heteroatoms. The van der Waals surface area contributed by atoms with Crippen LogP contribution in [0.5, 0.6) is 0 Å². The van der Waals surface area contributed by atoms with Gasteiger partial charge in [0.05, 0.1) is 11.1 Å².